The monoisotopic (exact) mass is 332 g/mol. The summed E-state index contributed by atoms with van der Waals surface area (Å²) in [5.74, 6) is 1.58. The van der Waals surface area contributed by atoms with Crippen LogP contribution >= 0.6 is 11.8 Å². The normalized spacial score (nSPS) is 12.3. The van der Waals surface area contributed by atoms with Crippen LogP contribution in [-0.4, -0.2) is 16.3 Å². The van der Waals surface area contributed by atoms with Crippen molar-refractivity contribution < 1.29 is 9.32 Å². The van der Waals surface area contributed by atoms with E-state index in [4.69, 9.17) is 4.52 Å². The molecule has 0 aliphatic carbocycles. The van der Waals surface area contributed by atoms with Crippen molar-refractivity contribution in [3.63, 3.8) is 0 Å². The third kappa shape index (κ3) is 4.16. The Labute approximate surface area is 142 Å². The first-order valence-corrected chi connectivity index (χ1v) is 8.76. The molecule has 0 aliphatic rings. The molecule has 1 N–H and O–H groups in total. The molecule has 124 valence electrons. The maximum Gasteiger partial charge on any atom is 0.237 e. The van der Waals surface area contributed by atoms with Crippen LogP contribution in [-0.2, 0) is 10.5 Å². The van der Waals surface area contributed by atoms with Gasteiger partial charge in [-0.25, -0.2) is 0 Å². The van der Waals surface area contributed by atoms with Crippen molar-refractivity contribution >= 4 is 23.4 Å². The number of nitrogens with one attached hydrogen (secondary N) is 1. The van der Waals surface area contributed by atoms with Crippen LogP contribution in [0, 0.1) is 34.6 Å². The fourth-order valence-electron chi connectivity index (χ4n) is 2.59. The second kappa shape index (κ2) is 7.21. The number of rotatable bonds is 5. The highest BCUT2D eigenvalue weighted by Crippen LogP contribution is 2.26. The molecule has 1 atom stereocenters. The second-order valence-electron chi connectivity index (χ2n) is 6.02. The first-order chi connectivity index (χ1) is 10.8. The lowest BCUT2D eigenvalue weighted by atomic mass is 10.1. The van der Waals surface area contributed by atoms with Gasteiger partial charge in [0.15, 0.2) is 0 Å². The minimum Gasteiger partial charge on any atom is -0.361 e. The SMILES string of the molecule is Cc1cc(C)c(NC(=O)C(C)SCc2c(C)noc2C)c(C)c1. The molecule has 5 heteroatoms. The maximum absolute atomic E-state index is 12.5. The first kappa shape index (κ1) is 17.6. The second-order valence-corrected chi connectivity index (χ2v) is 7.35. The lowest BCUT2D eigenvalue weighted by molar-refractivity contribution is -0.115. The molecule has 0 saturated carbocycles. The third-order valence-electron chi connectivity index (χ3n) is 3.95. The zero-order valence-electron chi connectivity index (χ0n) is 14.6. The Kier molecular flexibility index (Phi) is 5.52. The molecular weight excluding hydrogens is 308 g/mol. The summed E-state index contributed by atoms with van der Waals surface area (Å²) < 4.78 is 5.16. The lowest BCUT2D eigenvalue weighted by Crippen LogP contribution is -2.23. The van der Waals surface area contributed by atoms with Gasteiger partial charge in [0.05, 0.1) is 10.9 Å². The highest BCUT2D eigenvalue weighted by atomic mass is 32.2. The number of anilines is 1. The highest BCUT2D eigenvalue weighted by Gasteiger charge is 2.18. The van der Waals surface area contributed by atoms with E-state index < -0.39 is 0 Å². The summed E-state index contributed by atoms with van der Waals surface area (Å²) >= 11 is 1.59. The molecule has 1 heterocycles. The van der Waals surface area contributed by atoms with Gasteiger partial charge >= 0.3 is 0 Å². The molecule has 23 heavy (non-hydrogen) atoms. The lowest BCUT2D eigenvalue weighted by Gasteiger charge is -2.16. The van der Waals surface area contributed by atoms with Gasteiger partial charge in [0.2, 0.25) is 5.91 Å². The molecule has 2 aromatic rings. The number of nitrogens with zero attached hydrogens (tertiary/aromatic N) is 1. The van der Waals surface area contributed by atoms with Gasteiger partial charge in [0.1, 0.15) is 5.76 Å². The molecule has 0 fully saturated rings. The quantitative estimate of drug-likeness (QED) is 0.877. The first-order valence-electron chi connectivity index (χ1n) is 7.71. The van der Waals surface area contributed by atoms with E-state index in [2.05, 4.69) is 29.5 Å². The van der Waals surface area contributed by atoms with Crippen molar-refractivity contribution in [1.82, 2.24) is 5.16 Å². The van der Waals surface area contributed by atoms with Crippen molar-refractivity contribution in [3.8, 4) is 0 Å². The molecular formula is C18H24N2O2S. The van der Waals surface area contributed by atoms with Crippen LogP contribution in [0.4, 0.5) is 5.69 Å². The van der Waals surface area contributed by atoms with Gasteiger partial charge in [0, 0.05) is 17.0 Å². The molecule has 0 spiro atoms. The number of benzene rings is 1. The van der Waals surface area contributed by atoms with Gasteiger partial charge in [0.25, 0.3) is 0 Å². The Morgan fingerprint density at radius 3 is 2.35 bits per heavy atom. The number of amides is 1. The Bertz CT molecular complexity index is 679. The average Bonchev–Trinajstić information content (AvgIpc) is 2.79. The van der Waals surface area contributed by atoms with Crippen molar-refractivity contribution in [1.29, 1.82) is 0 Å². The minimum absolute atomic E-state index is 0.0248. The van der Waals surface area contributed by atoms with Crippen LogP contribution in [0.1, 0.15) is 40.6 Å². The van der Waals surface area contributed by atoms with Crippen LogP contribution < -0.4 is 5.32 Å². The smallest absolute Gasteiger partial charge is 0.237 e. The van der Waals surface area contributed by atoms with E-state index in [-0.39, 0.29) is 11.2 Å². The van der Waals surface area contributed by atoms with Gasteiger partial charge in [-0.3, -0.25) is 4.79 Å². The molecule has 0 saturated heterocycles. The van der Waals surface area contributed by atoms with Gasteiger partial charge in [-0.1, -0.05) is 22.9 Å². The summed E-state index contributed by atoms with van der Waals surface area (Å²) in [7, 11) is 0. The topological polar surface area (TPSA) is 55.1 Å². The van der Waals surface area contributed by atoms with Crippen LogP contribution in [0.15, 0.2) is 16.7 Å². The predicted octanol–water partition coefficient (Wildman–Crippen LogP) is 4.48. The van der Waals surface area contributed by atoms with Crippen LogP contribution in [0.2, 0.25) is 0 Å². The maximum atomic E-state index is 12.5. The Hall–Kier alpha value is -1.75. The summed E-state index contributed by atoms with van der Waals surface area (Å²) in [6.45, 7) is 11.9. The van der Waals surface area contributed by atoms with E-state index in [0.29, 0.717) is 0 Å². The molecule has 1 amide bonds. The van der Waals surface area contributed by atoms with E-state index >= 15 is 0 Å². The van der Waals surface area contributed by atoms with E-state index in [0.717, 1.165) is 39.6 Å². The largest absolute Gasteiger partial charge is 0.361 e. The van der Waals surface area contributed by atoms with Crippen LogP contribution in [0.25, 0.3) is 0 Å². The summed E-state index contributed by atoms with van der Waals surface area (Å²) in [5, 5.41) is 6.87. The van der Waals surface area contributed by atoms with Gasteiger partial charge in [-0.15, -0.1) is 11.8 Å². The molecule has 0 bridgehead atoms. The number of aryl methyl sites for hydroxylation is 5. The molecule has 1 aromatic heterocycles. The molecule has 0 aliphatic heterocycles. The molecule has 2 rings (SSSR count). The van der Waals surface area contributed by atoms with Crippen LogP contribution in [0.3, 0.4) is 0 Å². The van der Waals surface area contributed by atoms with Crippen molar-refractivity contribution in [3.05, 3.63) is 45.8 Å². The molecule has 0 radical (unpaired) electrons. The number of carbonyl (C=O) groups is 1. The Morgan fingerprint density at radius 1 is 1.22 bits per heavy atom. The van der Waals surface area contributed by atoms with E-state index in [1.54, 1.807) is 11.8 Å². The fourth-order valence-corrected chi connectivity index (χ4v) is 3.63. The predicted molar refractivity (Wildman–Crippen MR) is 96.0 cm³/mol. The summed E-state index contributed by atoms with van der Waals surface area (Å²) in [6.07, 6.45) is 0. The zero-order valence-corrected chi connectivity index (χ0v) is 15.4. The third-order valence-corrected chi connectivity index (χ3v) is 5.12. The number of carbonyl (C=O) groups excluding carboxylic acids is 1. The van der Waals surface area contributed by atoms with Crippen molar-refractivity contribution in [2.24, 2.45) is 0 Å². The van der Waals surface area contributed by atoms with E-state index in [9.17, 15) is 4.79 Å². The summed E-state index contributed by atoms with van der Waals surface area (Å²) in [6, 6.07) is 4.18. The molecule has 1 unspecified atom stereocenters. The summed E-state index contributed by atoms with van der Waals surface area (Å²) in [4.78, 5) is 12.5. The fraction of sp³-hybridized carbons (Fsp3) is 0.444. The van der Waals surface area contributed by atoms with Crippen LogP contribution in [0.5, 0.6) is 0 Å². The highest BCUT2D eigenvalue weighted by molar-refractivity contribution is 7.99. The Balaban J connectivity index is 2.01. The number of hydrogen-bond acceptors (Lipinski definition) is 4. The van der Waals surface area contributed by atoms with Gasteiger partial charge in [-0.2, -0.15) is 0 Å². The number of aromatic nitrogens is 1. The van der Waals surface area contributed by atoms with E-state index in [1.165, 1.54) is 5.56 Å². The van der Waals surface area contributed by atoms with Crippen molar-refractivity contribution in [2.75, 3.05) is 5.32 Å². The average molecular weight is 332 g/mol. The van der Waals surface area contributed by atoms with Crippen molar-refractivity contribution in [2.45, 2.75) is 52.5 Å². The molecule has 1 aromatic carbocycles. The Morgan fingerprint density at radius 2 is 1.83 bits per heavy atom. The van der Waals surface area contributed by atoms with E-state index in [1.807, 2.05) is 34.6 Å². The zero-order chi connectivity index (χ0) is 17.1. The van der Waals surface area contributed by atoms with Gasteiger partial charge in [-0.05, 0) is 52.7 Å². The van der Waals surface area contributed by atoms with Gasteiger partial charge < -0.3 is 9.84 Å². The number of hydrogen-bond donors (Lipinski definition) is 1. The minimum atomic E-state index is -0.149. The molecule has 4 nitrogen and oxygen atoms in total. The summed E-state index contributed by atoms with van der Waals surface area (Å²) in [5.41, 5.74) is 6.30. The number of thioether (sulfide) groups is 1. The standard InChI is InChI=1S/C18H24N2O2S/c1-10-7-11(2)17(12(3)8-10)19-18(21)15(6)23-9-16-13(4)20-22-14(16)5/h7-8,15H,9H2,1-6H3,(H,19,21).